The molecular weight excluding hydrogens is 230 g/mol. The molecule has 2 fully saturated rings. The van der Waals surface area contributed by atoms with E-state index in [2.05, 4.69) is 0 Å². The topological polar surface area (TPSA) is 49.8 Å². The zero-order valence-corrected chi connectivity index (χ0v) is 11.5. The zero-order valence-electron chi connectivity index (χ0n) is 11.5. The molecule has 2 heterocycles. The highest BCUT2D eigenvalue weighted by atomic mass is 16.5. The standard InChI is InChI=1S/C14H25NO3/c1-14(2)12(16)5-8-15(14)13(17)4-3-11-6-9-18-10-7-11/h11-12,16H,3-10H2,1-2H3. The first-order valence-electron chi connectivity index (χ1n) is 7.08. The predicted molar refractivity (Wildman–Crippen MR) is 69.2 cm³/mol. The minimum absolute atomic E-state index is 0.197. The Morgan fingerprint density at radius 1 is 1.33 bits per heavy atom. The maximum atomic E-state index is 12.2. The Balaban J connectivity index is 1.81. The lowest BCUT2D eigenvalue weighted by Crippen LogP contribution is -2.48. The van der Waals surface area contributed by atoms with E-state index in [1.807, 2.05) is 18.7 Å². The van der Waals surface area contributed by atoms with Gasteiger partial charge in [-0.2, -0.15) is 0 Å². The van der Waals surface area contributed by atoms with Gasteiger partial charge in [-0.1, -0.05) is 0 Å². The number of rotatable bonds is 3. The van der Waals surface area contributed by atoms with E-state index < -0.39 is 5.54 Å². The van der Waals surface area contributed by atoms with E-state index in [1.54, 1.807) is 0 Å². The molecular formula is C14H25NO3. The summed E-state index contributed by atoms with van der Waals surface area (Å²) in [6, 6.07) is 0. The lowest BCUT2D eigenvalue weighted by atomic mass is 9.94. The fourth-order valence-electron chi connectivity index (χ4n) is 3.02. The molecule has 0 spiro atoms. The van der Waals surface area contributed by atoms with Crippen molar-refractivity contribution in [1.82, 2.24) is 4.90 Å². The molecule has 1 atom stereocenters. The van der Waals surface area contributed by atoms with Crippen LogP contribution in [-0.4, -0.2) is 47.3 Å². The van der Waals surface area contributed by atoms with E-state index in [4.69, 9.17) is 4.74 Å². The Bertz CT molecular complexity index is 297. The molecule has 1 amide bonds. The molecule has 2 aliphatic rings. The third-order valence-electron chi connectivity index (χ3n) is 4.55. The predicted octanol–water partition coefficient (Wildman–Crippen LogP) is 1.56. The van der Waals surface area contributed by atoms with Crippen molar-refractivity contribution >= 4 is 5.91 Å². The first-order valence-corrected chi connectivity index (χ1v) is 7.08. The molecule has 104 valence electrons. The van der Waals surface area contributed by atoms with Crippen LogP contribution in [-0.2, 0) is 9.53 Å². The SMILES string of the molecule is CC1(C)C(O)CCN1C(=O)CCC1CCOCC1. The second-order valence-electron chi connectivity index (χ2n) is 6.10. The minimum Gasteiger partial charge on any atom is -0.391 e. The monoisotopic (exact) mass is 255 g/mol. The van der Waals surface area contributed by atoms with Crippen LogP contribution in [0.25, 0.3) is 0 Å². The highest BCUT2D eigenvalue weighted by molar-refractivity contribution is 5.77. The summed E-state index contributed by atoms with van der Waals surface area (Å²) in [4.78, 5) is 14.1. The summed E-state index contributed by atoms with van der Waals surface area (Å²) in [6.07, 6.45) is 4.06. The van der Waals surface area contributed by atoms with Crippen molar-refractivity contribution in [2.45, 2.75) is 57.6 Å². The number of aliphatic hydroxyl groups is 1. The van der Waals surface area contributed by atoms with E-state index in [1.165, 1.54) is 0 Å². The quantitative estimate of drug-likeness (QED) is 0.832. The van der Waals surface area contributed by atoms with Gasteiger partial charge in [0.2, 0.25) is 5.91 Å². The summed E-state index contributed by atoms with van der Waals surface area (Å²) in [7, 11) is 0. The average molecular weight is 255 g/mol. The summed E-state index contributed by atoms with van der Waals surface area (Å²) in [5.74, 6) is 0.835. The van der Waals surface area contributed by atoms with Crippen molar-refractivity contribution in [3.05, 3.63) is 0 Å². The number of carbonyl (C=O) groups is 1. The smallest absolute Gasteiger partial charge is 0.223 e. The van der Waals surface area contributed by atoms with E-state index in [0.717, 1.165) is 32.5 Å². The molecule has 0 aromatic heterocycles. The van der Waals surface area contributed by atoms with E-state index in [-0.39, 0.29) is 12.0 Å². The van der Waals surface area contributed by atoms with Crippen LogP contribution in [0.3, 0.4) is 0 Å². The second kappa shape index (κ2) is 5.57. The Kier molecular flexibility index (Phi) is 4.28. The molecule has 0 saturated carbocycles. The lowest BCUT2D eigenvalue weighted by Gasteiger charge is -2.34. The fourth-order valence-corrected chi connectivity index (χ4v) is 3.02. The van der Waals surface area contributed by atoms with Crippen LogP contribution < -0.4 is 0 Å². The highest BCUT2D eigenvalue weighted by Crippen LogP contribution is 2.30. The van der Waals surface area contributed by atoms with E-state index >= 15 is 0 Å². The number of ether oxygens (including phenoxy) is 1. The van der Waals surface area contributed by atoms with Gasteiger partial charge in [-0.3, -0.25) is 4.79 Å². The molecule has 4 heteroatoms. The van der Waals surface area contributed by atoms with Gasteiger partial charge in [0, 0.05) is 26.2 Å². The van der Waals surface area contributed by atoms with Crippen LogP contribution in [0.5, 0.6) is 0 Å². The zero-order chi connectivity index (χ0) is 13.2. The molecule has 18 heavy (non-hydrogen) atoms. The van der Waals surface area contributed by atoms with Gasteiger partial charge in [0.1, 0.15) is 0 Å². The van der Waals surface area contributed by atoms with Crippen LogP contribution >= 0.6 is 0 Å². The first kappa shape index (κ1) is 13.8. The van der Waals surface area contributed by atoms with Crippen LogP contribution in [0.4, 0.5) is 0 Å². The van der Waals surface area contributed by atoms with Gasteiger partial charge in [-0.15, -0.1) is 0 Å². The van der Waals surface area contributed by atoms with Crippen LogP contribution in [0.1, 0.15) is 46.0 Å². The highest BCUT2D eigenvalue weighted by Gasteiger charge is 2.42. The van der Waals surface area contributed by atoms with Crippen LogP contribution in [0.15, 0.2) is 0 Å². The second-order valence-corrected chi connectivity index (χ2v) is 6.10. The summed E-state index contributed by atoms with van der Waals surface area (Å²) in [5, 5.41) is 9.88. The third kappa shape index (κ3) is 2.86. The molecule has 1 N–H and O–H groups in total. The molecule has 0 bridgehead atoms. The van der Waals surface area contributed by atoms with Crippen molar-refractivity contribution in [2.75, 3.05) is 19.8 Å². The fraction of sp³-hybridized carbons (Fsp3) is 0.929. The first-order chi connectivity index (χ1) is 8.51. The van der Waals surface area contributed by atoms with Gasteiger partial charge in [0.25, 0.3) is 0 Å². The van der Waals surface area contributed by atoms with Crippen LogP contribution in [0, 0.1) is 5.92 Å². The average Bonchev–Trinajstić information content (AvgIpc) is 2.63. The van der Waals surface area contributed by atoms with Gasteiger partial charge < -0.3 is 14.7 Å². The Morgan fingerprint density at radius 3 is 2.56 bits per heavy atom. The van der Waals surface area contributed by atoms with Crippen molar-refractivity contribution in [2.24, 2.45) is 5.92 Å². The van der Waals surface area contributed by atoms with Crippen molar-refractivity contribution in [1.29, 1.82) is 0 Å². The largest absolute Gasteiger partial charge is 0.391 e. The molecule has 0 aromatic carbocycles. The Labute approximate surface area is 109 Å². The molecule has 2 saturated heterocycles. The number of carbonyl (C=O) groups excluding carboxylic acids is 1. The number of likely N-dealkylation sites (tertiary alicyclic amines) is 1. The minimum atomic E-state index is -0.396. The number of amides is 1. The Morgan fingerprint density at radius 2 is 2.00 bits per heavy atom. The number of aliphatic hydroxyl groups excluding tert-OH is 1. The van der Waals surface area contributed by atoms with Gasteiger partial charge in [0.15, 0.2) is 0 Å². The maximum Gasteiger partial charge on any atom is 0.223 e. The van der Waals surface area contributed by atoms with E-state index in [9.17, 15) is 9.90 Å². The van der Waals surface area contributed by atoms with Crippen LogP contribution in [0.2, 0.25) is 0 Å². The Hall–Kier alpha value is -0.610. The molecule has 0 aliphatic carbocycles. The molecule has 0 radical (unpaired) electrons. The molecule has 2 aliphatic heterocycles. The number of hydrogen-bond donors (Lipinski definition) is 1. The van der Waals surface area contributed by atoms with E-state index in [0.29, 0.717) is 25.3 Å². The summed E-state index contributed by atoms with van der Waals surface area (Å²) in [6.45, 7) is 6.29. The third-order valence-corrected chi connectivity index (χ3v) is 4.55. The van der Waals surface area contributed by atoms with Gasteiger partial charge in [-0.05, 0) is 45.4 Å². The van der Waals surface area contributed by atoms with Crippen molar-refractivity contribution < 1.29 is 14.6 Å². The summed E-state index contributed by atoms with van der Waals surface area (Å²) >= 11 is 0. The van der Waals surface area contributed by atoms with Gasteiger partial charge in [0.05, 0.1) is 11.6 Å². The summed E-state index contributed by atoms with van der Waals surface area (Å²) in [5.41, 5.74) is -0.396. The van der Waals surface area contributed by atoms with Gasteiger partial charge >= 0.3 is 0 Å². The molecule has 2 rings (SSSR count). The number of nitrogens with zero attached hydrogens (tertiary/aromatic N) is 1. The van der Waals surface area contributed by atoms with Crippen molar-refractivity contribution in [3.8, 4) is 0 Å². The summed E-state index contributed by atoms with van der Waals surface area (Å²) < 4.78 is 5.33. The number of hydrogen-bond acceptors (Lipinski definition) is 3. The lowest BCUT2D eigenvalue weighted by molar-refractivity contribution is -0.136. The van der Waals surface area contributed by atoms with Gasteiger partial charge in [-0.25, -0.2) is 0 Å². The normalized spacial score (nSPS) is 28.6. The molecule has 4 nitrogen and oxygen atoms in total. The van der Waals surface area contributed by atoms with Crippen molar-refractivity contribution in [3.63, 3.8) is 0 Å². The molecule has 1 unspecified atom stereocenters. The maximum absolute atomic E-state index is 12.2. The molecule has 0 aromatic rings.